The van der Waals surface area contributed by atoms with Crippen molar-refractivity contribution in [3.05, 3.63) is 0 Å². The molecule has 4 atom stereocenters. The second-order valence-corrected chi connectivity index (χ2v) is 6.66. The zero-order valence-electron chi connectivity index (χ0n) is 12.8. The van der Waals surface area contributed by atoms with Crippen LogP contribution in [0.5, 0.6) is 0 Å². The first-order valence-corrected chi connectivity index (χ1v) is 7.10. The lowest BCUT2D eigenvalue weighted by molar-refractivity contribution is -0.310. The van der Waals surface area contributed by atoms with Crippen molar-refractivity contribution in [2.24, 2.45) is 0 Å². The molecule has 6 heteroatoms. The summed E-state index contributed by atoms with van der Waals surface area (Å²) in [6, 6.07) is -0.615. The van der Waals surface area contributed by atoms with Crippen LogP contribution in [0, 0.1) is 0 Å². The van der Waals surface area contributed by atoms with Crippen LogP contribution in [0.15, 0.2) is 0 Å². The molecule has 2 fully saturated rings. The van der Waals surface area contributed by atoms with Crippen LogP contribution in [0.3, 0.4) is 0 Å². The molecule has 0 radical (unpaired) electrons. The van der Waals surface area contributed by atoms with Gasteiger partial charge in [0.25, 0.3) is 0 Å². The third-order valence-corrected chi connectivity index (χ3v) is 4.58. The van der Waals surface area contributed by atoms with E-state index in [2.05, 4.69) is 10.6 Å². The van der Waals surface area contributed by atoms with Crippen molar-refractivity contribution in [1.82, 2.24) is 10.6 Å². The molecule has 0 unspecified atom stereocenters. The van der Waals surface area contributed by atoms with Gasteiger partial charge >= 0.3 is 0 Å². The number of carbonyl (C=O) groups excluding carboxylic acids is 1. The van der Waals surface area contributed by atoms with Crippen LogP contribution in [0.1, 0.15) is 34.6 Å². The molecule has 2 heterocycles. The topological polar surface area (TPSA) is 59.6 Å². The molecular weight excluding hydrogens is 263 g/mol. The van der Waals surface area contributed by atoms with Gasteiger partial charge in [-0.2, -0.15) is 0 Å². The second kappa shape index (κ2) is 5.24. The Morgan fingerprint density at radius 2 is 1.80 bits per heavy atom. The molecule has 5 nitrogen and oxygen atoms in total. The predicted molar refractivity (Wildman–Crippen MR) is 73.3 cm³/mol. The van der Waals surface area contributed by atoms with Crippen LogP contribution in [0.25, 0.3) is 0 Å². The number of amides is 1. The Balaban J connectivity index is 2.25. The smallest absolute Gasteiger partial charge is 0.217 e. The number of hydrogen-bond acceptors (Lipinski definition) is 4. The quantitative estimate of drug-likeness (QED) is 0.788. The molecular formula is C14H25FN2O3. The molecule has 116 valence electrons. The van der Waals surface area contributed by atoms with Gasteiger partial charge in [-0.15, -0.1) is 0 Å². The Kier molecular flexibility index (Phi) is 4.10. The molecule has 0 bridgehead atoms. The lowest BCUT2D eigenvalue weighted by atomic mass is 9.83. The second-order valence-electron chi connectivity index (χ2n) is 6.66. The van der Waals surface area contributed by atoms with E-state index in [-0.39, 0.29) is 18.1 Å². The van der Waals surface area contributed by atoms with Crippen molar-refractivity contribution in [3.63, 3.8) is 0 Å². The van der Waals surface area contributed by atoms with Crippen LogP contribution in [-0.4, -0.2) is 54.6 Å². The largest absolute Gasteiger partial charge is 0.365 e. The Labute approximate surface area is 119 Å². The number of piperidine rings is 1. The van der Waals surface area contributed by atoms with E-state index in [1.807, 2.05) is 27.7 Å². The monoisotopic (exact) mass is 288 g/mol. The highest BCUT2D eigenvalue weighted by Crippen LogP contribution is 2.40. The highest BCUT2D eigenvalue weighted by Gasteiger charge is 2.55. The van der Waals surface area contributed by atoms with Crippen molar-refractivity contribution < 1.29 is 18.7 Å². The molecule has 2 N–H and O–H groups in total. The summed E-state index contributed by atoms with van der Waals surface area (Å²) in [5.74, 6) is -0.125. The van der Waals surface area contributed by atoms with Crippen LogP contribution in [0.2, 0.25) is 0 Å². The van der Waals surface area contributed by atoms with Gasteiger partial charge in [-0.1, -0.05) is 0 Å². The van der Waals surface area contributed by atoms with E-state index in [1.165, 1.54) is 6.92 Å². The number of nitrogens with one attached hydrogen (secondary N) is 2. The normalized spacial score (nSPS) is 38.9. The fraction of sp³-hybridized carbons (Fsp3) is 0.929. The maximum atomic E-state index is 13.2. The molecule has 2 aliphatic heterocycles. The van der Waals surface area contributed by atoms with Gasteiger partial charge in [0.05, 0.1) is 23.3 Å². The van der Waals surface area contributed by atoms with E-state index in [0.717, 1.165) is 0 Å². The maximum absolute atomic E-state index is 13.2. The summed E-state index contributed by atoms with van der Waals surface area (Å²) in [4.78, 5) is 11.3. The Bertz CT molecular complexity index is 387. The predicted octanol–water partition coefficient (Wildman–Crippen LogP) is 0.774. The summed E-state index contributed by atoms with van der Waals surface area (Å²) in [5, 5.41) is 5.96. The molecule has 0 spiro atoms. The minimum atomic E-state index is -0.526. The van der Waals surface area contributed by atoms with Gasteiger partial charge in [0.1, 0.15) is 18.9 Å². The van der Waals surface area contributed by atoms with Gasteiger partial charge in [0, 0.05) is 13.5 Å². The summed E-state index contributed by atoms with van der Waals surface area (Å²) in [6.07, 6.45) is -0.752. The molecule has 2 saturated heterocycles. The highest BCUT2D eigenvalue weighted by molar-refractivity contribution is 5.73. The fourth-order valence-electron chi connectivity index (χ4n) is 2.77. The van der Waals surface area contributed by atoms with Crippen LogP contribution >= 0.6 is 0 Å². The number of hydrogen-bond donors (Lipinski definition) is 2. The van der Waals surface area contributed by atoms with E-state index in [4.69, 9.17) is 9.47 Å². The number of fused-ring (bicyclic) bond motifs is 1. The molecule has 1 amide bonds. The van der Waals surface area contributed by atoms with Crippen LogP contribution < -0.4 is 10.6 Å². The third-order valence-electron chi connectivity index (χ3n) is 4.58. The molecule has 20 heavy (non-hydrogen) atoms. The van der Waals surface area contributed by atoms with Gasteiger partial charge in [-0.25, -0.2) is 4.39 Å². The Morgan fingerprint density at radius 3 is 2.30 bits per heavy atom. The molecule has 0 aromatic rings. The molecule has 0 aromatic carbocycles. The molecule has 2 aliphatic rings. The molecule has 0 aliphatic carbocycles. The molecule has 0 aromatic heterocycles. The van der Waals surface area contributed by atoms with Crippen LogP contribution in [-0.2, 0) is 14.3 Å². The number of ether oxygens (including phenoxy) is 2. The van der Waals surface area contributed by atoms with Gasteiger partial charge in [0.15, 0.2) is 0 Å². The molecule has 2 rings (SSSR count). The van der Waals surface area contributed by atoms with Crippen molar-refractivity contribution in [2.45, 2.75) is 70.1 Å². The first-order chi connectivity index (χ1) is 9.18. The lowest BCUT2D eigenvalue weighted by Crippen LogP contribution is -2.73. The van der Waals surface area contributed by atoms with E-state index in [9.17, 15) is 9.18 Å². The first kappa shape index (κ1) is 15.7. The fourth-order valence-corrected chi connectivity index (χ4v) is 2.77. The minimum Gasteiger partial charge on any atom is -0.365 e. The Morgan fingerprint density at radius 1 is 1.25 bits per heavy atom. The number of alkyl halides is 1. The van der Waals surface area contributed by atoms with E-state index in [1.54, 1.807) is 0 Å². The lowest BCUT2D eigenvalue weighted by Gasteiger charge is -2.56. The van der Waals surface area contributed by atoms with E-state index in [0.29, 0.717) is 6.54 Å². The zero-order chi connectivity index (χ0) is 15.1. The average Bonchev–Trinajstić information content (AvgIpc) is 2.31. The summed E-state index contributed by atoms with van der Waals surface area (Å²) in [7, 11) is 0. The van der Waals surface area contributed by atoms with E-state index >= 15 is 0 Å². The first-order valence-electron chi connectivity index (χ1n) is 7.10. The maximum Gasteiger partial charge on any atom is 0.217 e. The third kappa shape index (κ3) is 2.69. The summed E-state index contributed by atoms with van der Waals surface area (Å²) >= 11 is 0. The summed E-state index contributed by atoms with van der Waals surface area (Å²) in [5.41, 5.74) is -1.04. The number of rotatable bonds is 2. The van der Waals surface area contributed by atoms with Crippen molar-refractivity contribution in [3.8, 4) is 0 Å². The van der Waals surface area contributed by atoms with Crippen molar-refractivity contribution >= 4 is 5.91 Å². The summed E-state index contributed by atoms with van der Waals surface area (Å²) in [6.45, 7) is 9.24. The number of halogens is 1. The van der Waals surface area contributed by atoms with Gasteiger partial charge in [-0.3, -0.25) is 4.79 Å². The van der Waals surface area contributed by atoms with Crippen molar-refractivity contribution in [1.29, 1.82) is 0 Å². The van der Waals surface area contributed by atoms with Crippen LogP contribution in [0.4, 0.5) is 4.39 Å². The highest BCUT2D eigenvalue weighted by atomic mass is 19.1. The van der Waals surface area contributed by atoms with Gasteiger partial charge in [0.2, 0.25) is 5.91 Å². The summed E-state index contributed by atoms with van der Waals surface area (Å²) < 4.78 is 25.5. The SMILES string of the molecule is CC(=O)N[C@H]1CN[C@H](CF)[C@H]2OC(C)(C)C(C)(C)O[C@@H]21. The Hall–Kier alpha value is -0.720. The van der Waals surface area contributed by atoms with Crippen molar-refractivity contribution in [2.75, 3.05) is 13.2 Å². The minimum absolute atomic E-state index is 0.125. The number of carbonyl (C=O) groups is 1. The standard InChI is InChI=1S/C14H25FN2O3/c1-8(18)17-10-7-16-9(6-15)11-12(10)20-14(4,5)13(2,3)19-11/h9-12,16H,6-7H2,1-5H3,(H,17,18)/t9-,10+,11-,12-/m1/s1. The zero-order valence-corrected chi connectivity index (χ0v) is 12.8. The van der Waals surface area contributed by atoms with Gasteiger partial charge < -0.3 is 20.1 Å². The average molecular weight is 288 g/mol. The van der Waals surface area contributed by atoms with Gasteiger partial charge in [-0.05, 0) is 27.7 Å². The van der Waals surface area contributed by atoms with E-state index < -0.39 is 30.0 Å². The molecule has 0 saturated carbocycles.